The molecule has 2 N–H and O–H groups in total. The quantitative estimate of drug-likeness (QED) is 0.257. The van der Waals surface area contributed by atoms with Gasteiger partial charge in [0.2, 0.25) is 0 Å². The van der Waals surface area contributed by atoms with Crippen molar-refractivity contribution in [2.24, 2.45) is 20.4 Å². The molecule has 63 heavy (non-hydrogen) atoms. The van der Waals surface area contributed by atoms with E-state index in [-0.39, 0.29) is 32.8 Å². The molecule has 0 aliphatic carbocycles. The van der Waals surface area contributed by atoms with Gasteiger partial charge in [0.15, 0.2) is 6.29 Å². The molecule has 0 spiro atoms. The highest BCUT2D eigenvalue weighted by molar-refractivity contribution is 6.30. The number of benzene rings is 2. The number of hydrogen-bond acceptors (Lipinski definition) is 6. The lowest BCUT2D eigenvalue weighted by Gasteiger charge is -2.35. The summed E-state index contributed by atoms with van der Waals surface area (Å²) >= 11 is 0. The number of fused-ring (bicyclic) bond motifs is 5. The van der Waals surface area contributed by atoms with E-state index in [0.29, 0.717) is 37.3 Å². The summed E-state index contributed by atoms with van der Waals surface area (Å²) in [5.41, 5.74) is 15.2. The Balaban J connectivity index is 1.46. The van der Waals surface area contributed by atoms with Crippen LogP contribution in [0.5, 0.6) is 0 Å². The first-order chi connectivity index (χ1) is 29.2. The van der Waals surface area contributed by atoms with Crippen LogP contribution in [0.2, 0.25) is 0 Å². The minimum absolute atomic E-state index is 0.0815. The van der Waals surface area contributed by atoms with Crippen molar-refractivity contribution in [1.82, 2.24) is 4.98 Å². The zero-order chi connectivity index (χ0) is 45.6. The highest BCUT2D eigenvalue weighted by atomic mass is 16.7. The van der Waals surface area contributed by atoms with Crippen molar-refractivity contribution >= 4 is 34.4 Å². The standard InChI is InChI=1S/C56H68N4O3/c1-32(61)40-29-47-49(34-24-37(54(8,9)10)27-38(25-34)55(11,12)13)43-19-21-45(59-43)50(51-62-30-56(14,15)31-63-51)44-20-18-42(58-44)48(41-17-16-39(57-41)28-46(40)60-47)33-22-35(52(2,3)4)26-36(23-33)53(5,6)7/h16-18,20,22-29,51,57,61H,19,21,30-31H2,1-15H3/b39-28?,40-32-,48-41?,49-43?,50-44?. The van der Waals surface area contributed by atoms with E-state index >= 15 is 0 Å². The van der Waals surface area contributed by atoms with Crippen LogP contribution in [0.1, 0.15) is 150 Å². The summed E-state index contributed by atoms with van der Waals surface area (Å²) in [7, 11) is 0. The number of rotatable bonds is 3. The molecule has 0 radical (unpaired) electrons. The van der Waals surface area contributed by atoms with Gasteiger partial charge in [0.25, 0.3) is 0 Å². The first-order valence-corrected chi connectivity index (χ1v) is 22.8. The van der Waals surface area contributed by atoms with Gasteiger partial charge in [0, 0.05) is 32.8 Å². The van der Waals surface area contributed by atoms with Crippen LogP contribution >= 0.6 is 0 Å². The largest absolute Gasteiger partial charge is 0.512 e. The summed E-state index contributed by atoms with van der Waals surface area (Å²) in [4.78, 5) is 20.3. The Hall–Kier alpha value is -5.11. The number of nitrogens with one attached hydrogen (secondary N) is 1. The lowest BCUT2D eigenvalue weighted by atomic mass is 9.78. The zero-order valence-electron chi connectivity index (χ0n) is 40.4. The van der Waals surface area contributed by atoms with Gasteiger partial charge in [-0.15, -0.1) is 0 Å². The highest BCUT2D eigenvalue weighted by Gasteiger charge is 2.37. The van der Waals surface area contributed by atoms with Crippen LogP contribution in [0, 0.1) is 5.41 Å². The van der Waals surface area contributed by atoms with E-state index < -0.39 is 6.29 Å². The Labute approximate surface area is 375 Å². The fourth-order valence-corrected chi connectivity index (χ4v) is 8.73. The third kappa shape index (κ3) is 9.01. The predicted molar refractivity (Wildman–Crippen MR) is 262 cm³/mol. The Morgan fingerprint density at radius 3 is 1.71 bits per heavy atom. The van der Waals surface area contributed by atoms with E-state index in [2.05, 4.69) is 163 Å². The Kier molecular flexibility index (Phi) is 11.0. The number of allylic oxidation sites excluding steroid dienone is 7. The maximum absolute atomic E-state index is 11.3. The molecule has 8 rings (SSSR count). The van der Waals surface area contributed by atoms with Gasteiger partial charge >= 0.3 is 0 Å². The smallest absolute Gasteiger partial charge is 0.187 e. The summed E-state index contributed by atoms with van der Waals surface area (Å²) < 4.78 is 13.2. The Morgan fingerprint density at radius 1 is 0.651 bits per heavy atom. The molecule has 1 fully saturated rings. The number of aliphatic hydroxyl groups excluding tert-OH is 1. The first kappa shape index (κ1) is 44.5. The van der Waals surface area contributed by atoms with Crippen LogP contribution in [-0.4, -0.2) is 46.7 Å². The van der Waals surface area contributed by atoms with Crippen molar-refractivity contribution in [3.8, 4) is 0 Å². The average Bonchev–Trinajstić information content (AvgIpc) is 4.01. The number of aromatic nitrogens is 1. The number of ether oxygens (including phenoxy) is 2. The first-order valence-electron chi connectivity index (χ1n) is 22.8. The summed E-state index contributed by atoms with van der Waals surface area (Å²) in [6, 6.07) is 18.2. The van der Waals surface area contributed by atoms with Gasteiger partial charge in [-0.25, -0.2) is 9.98 Å². The van der Waals surface area contributed by atoms with Crippen molar-refractivity contribution in [2.75, 3.05) is 13.2 Å². The van der Waals surface area contributed by atoms with Crippen molar-refractivity contribution in [3.63, 3.8) is 0 Å². The molecule has 5 aliphatic rings. The zero-order valence-corrected chi connectivity index (χ0v) is 40.4. The number of nitrogens with zero attached hydrogens (tertiary/aromatic N) is 3. The molecule has 330 valence electrons. The van der Waals surface area contributed by atoms with E-state index in [1.54, 1.807) is 6.92 Å². The molecular formula is C56H68N4O3. The molecule has 8 bridgehead atoms. The Bertz CT molecular complexity index is 2720. The van der Waals surface area contributed by atoms with Crippen LogP contribution in [0.4, 0.5) is 0 Å². The third-order valence-corrected chi connectivity index (χ3v) is 12.7. The number of aromatic amines is 1. The molecule has 7 nitrogen and oxygen atoms in total. The van der Waals surface area contributed by atoms with Gasteiger partial charge in [0.05, 0.1) is 58.8 Å². The monoisotopic (exact) mass is 845 g/mol. The molecule has 1 saturated heterocycles. The molecule has 0 saturated carbocycles. The minimum atomic E-state index is -0.633. The second-order valence-corrected chi connectivity index (χ2v) is 23.1. The van der Waals surface area contributed by atoms with Crippen LogP contribution in [0.3, 0.4) is 0 Å². The van der Waals surface area contributed by atoms with Crippen LogP contribution in [0.15, 0.2) is 116 Å². The number of H-pyrrole nitrogens is 1. The fraction of sp³-hybridized carbons (Fsp3) is 0.446. The predicted octanol–water partition coefficient (Wildman–Crippen LogP) is 11.7. The van der Waals surface area contributed by atoms with Crippen molar-refractivity contribution in [1.29, 1.82) is 0 Å². The van der Waals surface area contributed by atoms with Gasteiger partial charge in [-0.05, 0) is 111 Å². The van der Waals surface area contributed by atoms with Crippen molar-refractivity contribution in [3.05, 3.63) is 145 Å². The SMILES string of the molecule is C/C(O)=C1\C=C2N=C1C=c1ccc([nH]1)=C(c1cc(C(C)(C)C)cc(C(C)(C)C)c1)C1=NC(=C(C3OCC(C)(C)CO3)C3=NC(=C2c2cc(C(C)(C)C)cc(C(C)(C)C)c2)CC3)C=C1. The summed E-state index contributed by atoms with van der Waals surface area (Å²) in [5.74, 6) is 0.211. The molecule has 7 heteroatoms. The molecule has 1 aromatic heterocycles. The van der Waals surface area contributed by atoms with Gasteiger partial charge in [-0.3, -0.25) is 4.99 Å². The molecule has 5 aliphatic heterocycles. The highest BCUT2D eigenvalue weighted by Crippen LogP contribution is 2.43. The van der Waals surface area contributed by atoms with Crippen LogP contribution in [0.25, 0.3) is 17.2 Å². The second kappa shape index (κ2) is 15.6. The second-order valence-electron chi connectivity index (χ2n) is 23.1. The summed E-state index contributed by atoms with van der Waals surface area (Å²) in [6.45, 7) is 34.4. The molecule has 6 heterocycles. The number of hydrogen-bond donors (Lipinski definition) is 2. The number of aliphatic hydroxyl groups is 1. The number of aliphatic imine (C=N–C) groups is 3. The lowest BCUT2D eigenvalue weighted by molar-refractivity contribution is -0.200. The topological polar surface area (TPSA) is 91.6 Å². The van der Waals surface area contributed by atoms with Gasteiger partial charge < -0.3 is 19.6 Å². The molecule has 0 unspecified atom stereocenters. The Morgan fingerprint density at radius 2 is 1.19 bits per heavy atom. The molecule has 0 atom stereocenters. The van der Waals surface area contributed by atoms with Crippen molar-refractivity contribution < 1.29 is 14.6 Å². The van der Waals surface area contributed by atoms with Gasteiger partial charge in [0.1, 0.15) is 0 Å². The van der Waals surface area contributed by atoms with Gasteiger partial charge in [-0.2, -0.15) is 0 Å². The summed E-state index contributed by atoms with van der Waals surface area (Å²) in [6.07, 6.45) is 9.08. The van der Waals surface area contributed by atoms with E-state index in [0.717, 1.165) is 67.1 Å². The summed E-state index contributed by atoms with van der Waals surface area (Å²) in [5, 5.41) is 13.1. The molecule has 3 aromatic rings. The van der Waals surface area contributed by atoms with Gasteiger partial charge in [-0.1, -0.05) is 133 Å². The molecule has 0 amide bonds. The van der Waals surface area contributed by atoms with E-state index in [1.165, 1.54) is 22.3 Å². The van der Waals surface area contributed by atoms with E-state index in [9.17, 15) is 5.11 Å². The van der Waals surface area contributed by atoms with Crippen molar-refractivity contribution in [2.45, 2.75) is 145 Å². The average molecular weight is 845 g/mol. The maximum atomic E-state index is 11.3. The van der Waals surface area contributed by atoms with E-state index in [1.807, 2.05) is 12.2 Å². The minimum Gasteiger partial charge on any atom is -0.512 e. The molecular weight excluding hydrogens is 777 g/mol. The maximum Gasteiger partial charge on any atom is 0.187 e. The van der Waals surface area contributed by atoms with E-state index in [4.69, 9.17) is 24.5 Å². The van der Waals surface area contributed by atoms with Crippen LogP contribution in [-0.2, 0) is 31.1 Å². The molecule has 2 aromatic carbocycles. The third-order valence-electron chi connectivity index (χ3n) is 12.7. The van der Waals surface area contributed by atoms with Crippen LogP contribution < -0.4 is 10.7 Å². The normalized spacial score (nSPS) is 20.5. The fourth-order valence-electron chi connectivity index (χ4n) is 8.73. The lowest BCUT2D eigenvalue weighted by Crippen LogP contribution is -2.40.